The van der Waals surface area contributed by atoms with E-state index in [4.69, 9.17) is 0 Å². The molecule has 2 heterocycles. The van der Waals surface area contributed by atoms with E-state index in [1.165, 1.54) is 0 Å². The van der Waals surface area contributed by atoms with Crippen LogP contribution in [0.3, 0.4) is 0 Å². The average Bonchev–Trinajstić information content (AvgIpc) is 2.71. The summed E-state index contributed by atoms with van der Waals surface area (Å²) in [6, 6.07) is 3.86. The van der Waals surface area contributed by atoms with Crippen LogP contribution in [0.25, 0.3) is 0 Å². The summed E-state index contributed by atoms with van der Waals surface area (Å²) < 4.78 is 0. The molecule has 1 N–H and O–H groups in total. The first-order valence-corrected chi connectivity index (χ1v) is 5.54. The van der Waals surface area contributed by atoms with Crippen LogP contribution in [0.5, 0.6) is 0 Å². The summed E-state index contributed by atoms with van der Waals surface area (Å²) in [6.45, 7) is 1.92. The van der Waals surface area contributed by atoms with Crippen LogP contribution >= 0.6 is 11.3 Å². The topological polar surface area (TPSA) is 29.1 Å². The fraction of sp³-hybridized carbons (Fsp3) is 0.500. The lowest BCUT2D eigenvalue weighted by Crippen LogP contribution is -2.34. The van der Waals surface area contributed by atoms with Gasteiger partial charge in [0, 0.05) is 12.5 Å². The Labute approximate surface area is 82.0 Å². The molecule has 13 heavy (non-hydrogen) atoms. The van der Waals surface area contributed by atoms with Crippen molar-refractivity contribution in [2.45, 2.75) is 12.8 Å². The van der Waals surface area contributed by atoms with Gasteiger partial charge in [0.05, 0.1) is 4.88 Å². The highest BCUT2D eigenvalue weighted by Crippen LogP contribution is 2.19. The zero-order valence-electron chi connectivity index (χ0n) is 7.45. The molecule has 2 rings (SSSR count). The number of hydrogen-bond donors (Lipinski definition) is 1. The lowest BCUT2D eigenvalue weighted by molar-refractivity contribution is 0.0904. The van der Waals surface area contributed by atoms with E-state index in [1.54, 1.807) is 11.3 Å². The van der Waals surface area contributed by atoms with Gasteiger partial charge in [-0.25, -0.2) is 0 Å². The van der Waals surface area contributed by atoms with Gasteiger partial charge in [-0.3, -0.25) is 4.79 Å². The number of nitrogens with one attached hydrogen (secondary N) is 1. The number of Topliss-reactive ketones (excluding diaryl/α,β-unsaturated/α-hetero) is 1. The molecule has 1 atom stereocenters. The SMILES string of the molecule is O=C(c1cccs1)[C@H]1CCCNC1. The molecular weight excluding hydrogens is 182 g/mol. The minimum Gasteiger partial charge on any atom is -0.316 e. The number of carbonyl (C=O) groups is 1. The van der Waals surface area contributed by atoms with E-state index in [2.05, 4.69) is 5.32 Å². The van der Waals surface area contributed by atoms with E-state index in [0.717, 1.165) is 30.8 Å². The molecule has 3 heteroatoms. The summed E-state index contributed by atoms with van der Waals surface area (Å²) >= 11 is 1.55. The Hall–Kier alpha value is -0.670. The van der Waals surface area contributed by atoms with Gasteiger partial charge in [-0.2, -0.15) is 0 Å². The second kappa shape index (κ2) is 4.03. The van der Waals surface area contributed by atoms with Gasteiger partial charge in [0.15, 0.2) is 5.78 Å². The largest absolute Gasteiger partial charge is 0.316 e. The molecule has 1 fully saturated rings. The maximum atomic E-state index is 11.8. The van der Waals surface area contributed by atoms with Crippen molar-refractivity contribution < 1.29 is 4.79 Å². The molecule has 1 saturated heterocycles. The number of thiophene rings is 1. The molecule has 1 aliphatic rings. The van der Waals surface area contributed by atoms with Crippen LogP contribution < -0.4 is 5.32 Å². The van der Waals surface area contributed by atoms with E-state index >= 15 is 0 Å². The third-order valence-corrected chi connectivity index (χ3v) is 3.32. The molecule has 0 bridgehead atoms. The standard InChI is InChI=1S/C10H13NOS/c12-10(9-4-2-6-13-9)8-3-1-5-11-7-8/h2,4,6,8,11H,1,3,5,7H2/t8-/m0/s1. The van der Waals surface area contributed by atoms with E-state index in [9.17, 15) is 4.79 Å². The molecule has 0 saturated carbocycles. The van der Waals surface area contributed by atoms with Crippen LogP contribution in [0.4, 0.5) is 0 Å². The third kappa shape index (κ3) is 1.98. The zero-order valence-corrected chi connectivity index (χ0v) is 8.27. The van der Waals surface area contributed by atoms with Crippen LogP contribution in [-0.4, -0.2) is 18.9 Å². The molecule has 1 aliphatic heterocycles. The van der Waals surface area contributed by atoms with Crippen molar-refractivity contribution in [1.29, 1.82) is 0 Å². The quantitative estimate of drug-likeness (QED) is 0.731. The van der Waals surface area contributed by atoms with Gasteiger partial charge in [-0.15, -0.1) is 11.3 Å². The van der Waals surface area contributed by atoms with Gasteiger partial charge in [-0.1, -0.05) is 6.07 Å². The lowest BCUT2D eigenvalue weighted by atomic mass is 9.94. The number of hydrogen-bond acceptors (Lipinski definition) is 3. The third-order valence-electron chi connectivity index (χ3n) is 2.43. The zero-order chi connectivity index (χ0) is 9.10. The maximum absolute atomic E-state index is 11.8. The second-order valence-corrected chi connectivity index (χ2v) is 4.33. The molecule has 0 aliphatic carbocycles. The van der Waals surface area contributed by atoms with Crippen molar-refractivity contribution in [2.24, 2.45) is 5.92 Å². The Kier molecular flexibility index (Phi) is 2.76. The van der Waals surface area contributed by atoms with Crippen LogP contribution in [0.1, 0.15) is 22.5 Å². The Morgan fingerprint density at radius 1 is 1.62 bits per heavy atom. The Morgan fingerprint density at radius 3 is 3.15 bits per heavy atom. The van der Waals surface area contributed by atoms with Crippen LogP contribution in [0, 0.1) is 5.92 Å². The predicted octanol–water partition coefficient (Wildman–Crippen LogP) is 1.93. The number of carbonyl (C=O) groups excluding carboxylic acids is 1. The van der Waals surface area contributed by atoms with Crippen molar-refractivity contribution >= 4 is 17.1 Å². The maximum Gasteiger partial charge on any atom is 0.177 e. The molecule has 0 radical (unpaired) electrons. The smallest absolute Gasteiger partial charge is 0.177 e. The monoisotopic (exact) mass is 195 g/mol. The van der Waals surface area contributed by atoms with Crippen molar-refractivity contribution in [2.75, 3.05) is 13.1 Å². The summed E-state index contributed by atoms with van der Waals surface area (Å²) in [5.41, 5.74) is 0. The minimum absolute atomic E-state index is 0.215. The molecule has 0 spiro atoms. The van der Waals surface area contributed by atoms with Crippen molar-refractivity contribution in [3.63, 3.8) is 0 Å². The summed E-state index contributed by atoms with van der Waals surface area (Å²) in [7, 11) is 0. The molecule has 0 unspecified atom stereocenters. The second-order valence-electron chi connectivity index (χ2n) is 3.38. The number of piperidine rings is 1. The Balaban J connectivity index is 2.04. The summed E-state index contributed by atoms with van der Waals surface area (Å²) in [5, 5.41) is 5.22. The first kappa shape index (κ1) is 8.91. The average molecular weight is 195 g/mol. The molecule has 0 amide bonds. The fourth-order valence-corrected chi connectivity index (χ4v) is 2.44. The van der Waals surface area contributed by atoms with Crippen molar-refractivity contribution in [3.05, 3.63) is 22.4 Å². The Bertz CT molecular complexity index is 275. The molecule has 1 aromatic rings. The molecule has 0 aromatic carbocycles. The van der Waals surface area contributed by atoms with Gasteiger partial charge in [0.25, 0.3) is 0 Å². The highest BCUT2D eigenvalue weighted by Gasteiger charge is 2.22. The van der Waals surface area contributed by atoms with E-state index < -0.39 is 0 Å². The van der Waals surface area contributed by atoms with E-state index in [0.29, 0.717) is 5.78 Å². The summed E-state index contributed by atoms with van der Waals surface area (Å²) in [5.74, 6) is 0.537. The number of ketones is 1. The van der Waals surface area contributed by atoms with Gasteiger partial charge >= 0.3 is 0 Å². The number of rotatable bonds is 2. The summed E-state index contributed by atoms with van der Waals surface area (Å²) in [6.07, 6.45) is 2.17. The normalized spacial score (nSPS) is 22.9. The fourth-order valence-electron chi connectivity index (χ4n) is 1.70. The minimum atomic E-state index is 0.215. The van der Waals surface area contributed by atoms with Crippen LogP contribution in [0.2, 0.25) is 0 Å². The lowest BCUT2D eigenvalue weighted by Gasteiger charge is -2.20. The first-order chi connectivity index (χ1) is 6.38. The van der Waals surface area contributed by atoms with Gasteiger partial charge in [0.2, 0.25) is 0 Å². The Morgan fingerprint density at radius 2 is 2.54 bits per heavy atom. The van der Waals surface area contributed by atoms with Crippen LogP contribution in [-0.2, 0) is 0 Å². The van der Waals surface area contributed by atoms with E-state index in [1.807, 2.05) is 17.5 Å². The first-order valence-electron chi connectivity index (χ1n) is 4.66. The van der Waals surface area contributed by atoms with Gasteiger partial charge in [0.1, 0.15) is 0 Å². The van der Waals surface area contributed by atoms with E-state index in [-0.39, 0.29) is 5.92 Å². The van der Waals surface area contributed by atoms with Gasteiger partial charge < -0.3 is 5.32 Å². The van der Waals surface area contributed by atoms with Crippen molar-refractivity contribution in [3.8, 4) is 0 Å². The molecule has 1 aromatic heterocycles. The molecule has 70 valence electrons. The molecular formula is C10H13NOS. The van der Waals surface area contributed by atoms with Crippen molar-refractivity contribution in [1.82, 2.24) is 5.32 Å². The predicted molar refractivity (Wildman–Crippen MR) is 54.2 cm³/mol. The summed E-state index contributed by atoms with van der Waals surface area (Å²) in [4.78, 5) is 12.7. The highest BCUT2D eigenvalue weighted by molar-refractivity contribution is 7.12. The molecule has 2 nitrogen and oxygen atoms in total. The highest BCUT2D eigenvalue weighted by atomic mass is 32.1. The van der Waals surface area contributed by atoms with Gasteiger partial charge in [-0.05, 0) is 30.8 Å². The van der Waals surface area contributed by atoms with Crippen LogP contribution in [0.15, 0.2) is 17.5 Å².